The van der Waals surface area contributed by atoms with E-state index in [-0.39, 0.29) is 42.0 Å². The van der Waals surface area contributed by atoms with Crippen LogP contribution in [-0.4, -0.2) is 218 Å². The molecule has 0 unspecified atom stereocenters. The number of carbonyl (C=O) groups is 4. The van der Waals surface area contributed by atoms with Crippen LogP contribution in [0.3, 0.4) is 0 Å². The lowest BCUT2D eigenvalue weighted by Crippen LogP contribution is -2.36. The summed E-state index contributed by atoms with van der Waals surface area (Å²) in [5.41, 5.74) is 0.613. The number of urea groups is 1. The fourth-order valence-electron chi connectivity index (χ4n) is 7.13. The quantitative estimate of drug-likeness (QED) is 0.0479. The number of amides is 3. The van der Waals surface area contributed by atoms with Crippen molar-refractivity contribution < 1.29 is 80.8 Å². The third-order valence-electron chi connectivity index (χ3n) is 10.8. The minimum absolute atomic E-state index is 0.0234. The van der Waals surface area contributed by atoms with Crippen LogP contribution in [-0.2, 0) is 66.4 Å². The maximum Gasteiger partial charge on any atom is 0.315 e. The number of carbonyl (C=O) groups excluding carboxylic acids is 4. The molecule has 2 saturated heterocycles. The third kappa shape index (κ3) is 34.2. The summed E-state index contributed by atoms with van der Waals surface area (Å²) in [5, 5.41) is 9.25. The lowest BCUT2D eigenvalue weighted by atomic mass is 10.0. The van der Waals surface area contributed by atoms with Crippen LogP contribution in [0.25, 0.3) is 0 Å². The Morgan fingerprint density at radius 3 is 1.51 bits per heavy atom. The van der Waals surface area contributed by atoms with Gasteiger partial charge in [0.05, 0.1) is 171 Å². The van der Waals surface area contributed by atoms with Crippen LogP contribution >= 0.6 is 11.8 Å². The molecule has 0 aromatic heterocycles. The Morgan fingerprint density at radius 2 is 1.01 bits per heavy atom. The van der Waals surface area contributed by atoms with E-state index >= 15 is 0 Å². The number of Topliss-reactive ketones (excluding diaryl/α,β-unsaturated/α-hetero) is 2. The van der Waals surface area contributed by atoms with E-state index < -0.39 is 0 Å². The summed E-state index contributed by atoms with van der Waals surface area (Å²) < 4.78 is 71.6. The van der Waals surface area contributed by atoms with Crippen LogP contribution < -0.4 is 20.7 Å². The molecule has 1 aromatic carbocycles. The number of hydrogen-bond acceptors (Lipinski definition) is 18. The summed E-state index contributed by atoms with van der Waals surface area (Å²) in [6.07, 6.45) is 5.98. The molecule has 0 aliphatic carbocycles. The van der Waals surface area contributed by atoms with E-state index in [4.69, 9.17) is 61.6 Å². The first-order chi connectivity index (χ1) is 35.0. The highest BCUT2D eigenvalue weighted by molar-refractivity contribution is 8.00. The summed E-state index contributed by atoms with van der Waals surface area (Å²) >= 11 is 1.91. The number of fused-ring (bicyclic) bond motifs is 1. The Balaban J connectivity index is 0.887. The second-order valence-corrected chi connectivity index (χ2v) is 17.7. The van der Waals surface area contributed by atoms with Gasteiger partial charge in [-0.3, -0.25) is 14.4 Å². The predicted molar refractivity (Wildman–Crippen MR) is 267 cm³/mol. The predicted octanol–water partition coefficient (Wildman–Crippen LogP) is 3.83. The van der Waals surface area contributed by atoms with Crippen molar-refractivity contribution >= 4 is 35.3 Å². The first-order valence-electron chi connectivity index (χ1n) is 25.6. The molecule has 0 spiro atoms. The zero-order chi connectivity index (χ0) is 50.5. The lowest BCUT2D eigenvalue weighted by Gasteiger charge is -2.16. The fraction of sp³-hybridized carbons (Fsp3) is 0.800. The van der Waals surface area contributed by atoms with E-state index in [0.29, 0.717) is 214 Å². The zero-order valence-electron chi connectivity index (χ0n) is 42.3. The summed E-state index contributed by atoms with van der Waals surface area (Å²) in [6, 6.07) is 7.57. The van der Waals surface area contributed by atoms with Gasteiger partial charge in [0, 0.05) is 55.4 Å². The Kier molecular flexibility index (Phi) is 39.0. The number of unbranched alkanes of at least 4 members (excludes halogenated alkanes) is 1. The van der Waals surface area contributed by atoms with Crippen LogP contribution in [0.2, 0.25) is 0 Å². The van der Waals surface area contributed by atoms with Crippen LogP contribution in [0.4, 0.5) is 4.79 Å². The molecular weight excluding hydrogens is 947 g/mol. The van der Waals surface area contributed by atoms with Gasteiger partial charge < -0.3 is 77.5 Å². The molecule has 0 bridgehead atoms. The highest BCUT2D eigenvalue weighted by Crippen LogP contribution is 2.33. The molecular formula is C50H85N3O17S. The van der Waals surface area contributed by atoms with Gasteiger partial charge in [0.2, 0.25) is 5.91 Å². The van der Waals surface area contributed by atoms with Gasteiger partial charge in [-0.1, -0.05) is 18.6 Å². The number of benzene rings is 1. The van der Waals surface area contributed by atoms with Crippen LogP contribution in [0.1, 0.15) is 75.1 Å². The maximum atomic E-state index is 12.4. The molecule has 2 aliphatic heterocycles. The number of rotatable bonds is 52. The standard InChI is InChI=1S/C50H85N3O17S/c1-2-70-44-11-5-8-42(40-44)46(55)12-6-15-51-48(56)14-17-59-19-21-61-23-25-63-27-29-65-31-33-67-35-37-69-39-38-68-36-34-66-32-30-64-28-26-62-24-22-60-20-18-58-16-7-10-43(54)9-3-4-13-47-49-45(41-71-47)52-50(57)53-49/h5,8,11,40,45,47,49H,2-4,6-7,9-10,12-39,41H2,1H3,(H,51,56)(H2,52,53,57)/t45-,47-,49-/m0/s1. The third-order valence-corrected chi connectivity index (χ3v) is 12.3. The second-order valence-electron chi connectivity index (χ2n) is 16.4. The summed E-state index contributed by atoms with van der Waals surface area (Å²) in [7, 11) is 0. The minimum atomic E-state index is -0.113. The van der Waals surface area contributed by atoms with Crippen LogP contribution in [0, 0.1) is 0 Å². The van der Waals surface area contributed by atoms with E-state index in [2.05, 4.69) is 16.0 Å². The Bertz CT molecular complexity index is 1500. The minimum Gasteiger partial charge on any atom is -0.494 e. The van der Waals surface area contributed by atoms with Crippen molar-refractivity contribution in [1.29, 1.82) is 0 Å². The topological polar surface area (TPSA) is 224 Å². The largest absolute Gasteiger partial charge is 0.494 e. The molecule has 3 N–H and O–H groups in total. The van der Waals surface area contributed by atoms with Gasteiger partial charge in [-0.25, -0.2) is 4.79 Å². The van der Waals surface area contributed by atoms with E-state index in [9.17, 15) is 19.2 Å². The molecule has 1 aromatic rings. The molecule has 0 radical (unpaired) electrons. The Labute approximate surface area is 425 Å². The van der Waals surface area contributed by atoms with Gasteiger partial charge >= 0.3 is 6.03 Å². The molecule has 21 heteroatoms. The molecule has 2 fully saturated rings. The lowest BCUT2D eigenvalue weighted by molar-refractivity contribution is -0.122. The van der Waals surface area contributed by atoms with Gasteiger partial charge in [-0.05, 0) is 44.7 Å². The van der Waals surface area contributed by atoms with Crippen molar-refractivity contribution in [2.24, 2.45) is 0 Å². The average Bonchev–Trinajstić information content (AvgIpc) is 3.93. The number of ether oxygens (including phenoxy) is 13. The van der Waals surface area contributed by atoms with Crippen molar-refractivity contribution in [1.82, 2.24) is 16.0 Å². The smallest absolute Gasteiger partial charge is 0.315 e. The monoisotopic (exact) mass is 1030 g/mol. The molecule has 2 aliphatic rings. The fourth-order valence-corrected chi connectivity index (χ4v) is 8.67. The summed E-state index contributed by atoms with van der Waals surface area (Å²) in [4.78, 5) is 48.1. The van der Waals surface area contributed by atoms with Crippen molar-refractivity contribution in [2.45, 2.75) is 82.0 Å². The van der Waals surface area contributed by atoms with E-state index in [1.54, 1.807) is 18.2 Å². The summed E-state index contributed by atoms with van der Waals surface area (Å²) in [5.74, 6) is 1.84. The van der Waals surface area contributed by atoms with E-state index in [0.717, 1.165) is 31.4 Å². The molecule has 0 saturated carbocycles. The highest BCUT2D eigenvalue weighted by atomic mass is 32.2. The average molecular weight is 1030 g/mol. The molecule has 3 amide bonds. The van der Waals surface area contributed by atoms with E-state index in [1.165, 1.54) is 0 Å². The first-order valence-corrected chi connectivity index (χ1v) is 26.7. The second kappa shape index (κ2) is 44.5. The van der Waals surface area contributed by atoms with Gasteiger partial charge in [0.25, 0.3) is 0 Å². The molecule has 20 nitrogen and oxygen atoms in total. The van der Waals surface area contributed by atoms with Crippen molar-refractivity contribution in [2.75, 3.05) is 177 Å². The van der Waals surface area contributed by atoms with Gasteiger partial charge in [0.15, 0.2) is 5.78 Å². The Hall–Kier alpha value is -3.03. The van der Waals surface area contributed by atoms with Crippen LogP contribution in [0.5, 0.6) is 5.75 Å². The highest BCUT2D eigenvalue weighted by Gasteiger charge is 2.42. The molecule has 3 atom stereocenters. The van der Waals surface area contributed by atoms with E-state index in [1.807, 2.05) is 24.8 Å². The van der Waals surface area contributed by atoms with Crippen molar-refractivity contribution in [3.63, 3.8) is 0 Å². The van der Waals surface area contributed by atoms with Crippen molar-refractivity contribution in [3.8, 4) is 5.75 Å². The first kappa shape index (κ1) is 62.3. The van der Waals surface area contributed by atoms with Crippen molar-refractivity contribution in [3.05, 3.63) is 29.8 Å². The SMILES string of the molecule is CCOc1cccc(C(=O)CCCNC(=O)CCOCCOCCOCCOCCOCCOCCOCCOCCOCCOCCOCCOCCCC(=O)CCCC[C@@H]2SC[C@@H]3NC(=O)N[C@@H]32)c1. The number of nitrogens with one attached hydrogen (secondary N) is 3. The number of ketones is 2. The zero-order valence-corrected chi connectivity index (χ0v) is 43.2. The summed E-state index contributed by atoms with van der Waals surface area (Å²) in [6.45, 7) is 14.0. The van der Waals surface area contributed by atoms with Gasteiger partial charge in [-0.2, -0.15) is 11.8 Å². The number of thioether (sulfide) groups is 1. The van der Waals surface area contributed by atoms with Gasteiger partial charge in [-0.15, -0.1) is 0 Å². The van der Waals surface area contributed by atoms with Crippen LogP contribution in [0.15, 0.2) is 24.3 Å². The molecule has 3 rings (SSSR count). The Morgan fingerprint density at radius 1 is 0.549 bits per heavy atom. The maximum absolute atomic E-state index is 12.4. The molecule has 71 heavy (non-hydrogen) atoms. The molecule has 408 valence electrons. The number of hydrogen-bond donors (Lipinski definition) is 3. The van der Waals surface area contributed by atoms with Gasteiger partial charge in [0.1, 0.15) is 11.5 Å². The normalized spacial score (nSPS) is 16.2. The molecule has 2 heterocycles.